The second-order valence-electron chi connectivity index (χ2n) is 3.59. The summed E-state index contributed by atoms with van der Waals surface area (Å²) in [6.07, 6.45) is 5.38. The van der Waals surface area contributed by atoms with Gasteiger partial charge < -0.3 is 9.83 Å². The van der Waals surface area contributed by atoms with Gasteiger partial charge in [0.05, 0.1) is 6.20 Å². The summed E-state index contributed by atoms with van der Waals surface area (Å²) in [4.78, 5) is 13.1. The molecule has 8 heteroatoms. The molecule has 0 atom stereocenters. The van der Waals surface area contributed by atoms with Crippen LogP contribution in [0, 0.1) is 6.92 Å². The van der Waals surface area contributed by atoms with Gasteiger partial charge in [0.2, 0.25) is 0 Å². The molecule has 18 heavy (non-hydrogen) atoms. The molecule has 0 saturated carbocycles. The van der Waals surface area contributed by atoms with Gasteiger partial charge in [0.25, 0.3) is 0 Å². The van der Waals surface area contributed by atoms with Crippen LogP contribution in [0.1, 0.15) is 5.69 Å². The largest absolute Gasteiger partial charge is 0.307 e. The van der Waals surface area contributed by atoms with Gasteiger partial charge in [0, 0.05) is 23.5 Å². The van der Waals surface area contributed by atoms with Crippen molar-refractivity contribution in [1.82, 2.24) is 19.4 Å². The molecule has 0 amide bonds. The van der Waals surface area contributed by atoms with Gasteiger partial charge in [-0.25, -0.2) is 20.8 Å². The minimum atomic E-state index is 0.594. The quantitative estimate of drug-likeness (QED) is 0.563. The molecule has 0 aliphatic heterocycles. The molecule has 0 spiro atoms. The Morgan fingerprint density at radius 1 is 1.44 bits per heavy atom. The highest BCUT2D eigenvalue weighted by atomic mass is 32.2. The number of anilines is 1. The zero-order valence-corrected chi connectivity index (χ0v) is 11.1. The summed E-state index contributed by atoms with van der Waals surface area (Å²) >= 11 is 3.08. The van der Waals surface area contributed by atoms with Crippen LogP contribution < -0.4 is 11.3 Å². The predicted molar refractivity (Wildman–Crippen MR) is 71.8 cm³/mol. The maximum Gasteiger partial charge on any atom is 0.170 e. The number of aromatic nitrogens is 4. The molecule has 0 radical (unpaired) electrons. The Morgan fingerprint density at radius 2 is 2.33 bits per heavy atom. The number of nitrogen functional groups attached to an aromatic ring is 1. The normalized spacial score (nSPS) is 11.0. The number of imidazole rings is 1. The van der Waals surface area contributed by atoms with Gasteiger partial charge in [0.15, 0.2) is 15.8 Å². The van der Waals surface area contributed by atoms with Crippen molar-refractivity contribution in [1.29, 1.82) is 0 Å². The molecule has 3 aromatic rings. The van der Waals surface area contributed by atoms with E-state index in [1.165, 1.54) is 11.8 Å². The number of aryl methyl sites for hydroxylation is 1. The number of hydrogen-bond donors (Lipinski definition) is 2. The molecule has 3 rings (SSSR count). The summed E-state index contributed by atoms with van der Waals surface area (Å²) in [6, 6.07) is 0. The van der Waals surface area contributed by atoms with Crippen molar-refractivity contribution in [2.45, 2.75) is 16.3 Å². The van der Waals surface area contributed by atoms with Crippen molar-refractivity contribution in [3.05, 3.63) is 29.7 Å². The topological polar surface area (TPSA) is 81.1 Å². The number of nitrogens with zero attached hydrogens (tertiary/aromatic N) is 4. The number of hydrazine groups is 1. The van der Waals surface area contributed by atoms with Gasteiger partial charge >= 0.3 is 0 Å². The van der Waals surface area contributed by atoms with Crippen LogP contribution >= 0.6 is 23.1 Å². The Hall–Kier alpha value is -1.64. The summed E-state index contributed by atoms with van der Waals surface area (Å²) in [5.41, 5.74) is 4.36. The van der Waals surface area contributed by atoms with Crippen LogP contribution in [0.5, 0.6) is 0 Å². The maximum absolute atomic E-state index is 5.41. The van der Waals surface area contributed by atoms with Gasteiger partial charge in [0.1, 0.15) is 5.03 Å². The number of hydrogen-bond acceptors (Lipinski definition) is 7. The molecule has 0 saturated heterocycles. The van der Waals surface area contributed by atoms with Gasteiger partial charge in [-0.1, -0.05) is 0 Å². The molecular formula is C10H10N6S2. The summed E-state index contributed by atoms with van der Waals surface area (Å²) in [5, 5.41) is 2.79. The average molecular weight is 278 g/mol. The molecule has 6 nitrogen and oxygen atoms in total. The van der Waals surface area contributed by atoms with Gasteiger partial charge in [-0.15, -0.1) is 11.3 Å². The molecule has 3 heterocycles. The lowest BCUT2D eigenvalue weighted by molar-refractivity contribution is 1.02. The summed E-state index contributed by atoms with van der Waals surface area (Å²) in [5.74, 6) is 6.00. The molecule has 3 aromatic heterocycles. The highest BCUT2D eigenvalue weighted by molar-refractivity contribution is 8.01. The van der Waals surface area contributed by atoms with E-state index >= 15 is 0 Å². The number of nitrogens with two attached hydrogens (primary N) is 1. The van der Waals surface area contributed by atoms with Gasteiger partial charge in [-0.05, 0) is 18.7 Å². The molecule has 0 aliphatic rings. The van der Waals surface area contributed by atoms with Crippen LogP contribution in [-0.2, 0) is 0 Å². The molecule has 3 N–H and O–H groups in total. The molecular weight excluding hydrogens is 268 g/mol. The van der Waals surface area contributed by atoms with Gasteiger partial charge in [-0.2, -0.15) is 0 Å². The zero-order valence-electron chi connectivity index (χ0n) is 9.49. The van der Waals surface area contributed by atoms with Crippen molar-refractivity contribution in [2.24, 2.45) is 5.84 Å². The third kappa shape index (κ3) is 2.05. The lowest BCUT2D eigenvalue weighted by Gasteiger charge is -2.04. The Balaban J connectivity index is 2.06. The van der Waals surface area contributed by atoms with Crippen molar-refractivity contribution < 1.29 is 0 Å². The fourth-order valence-corrected chi connectivity index (χ4v) is 3.35. The second-order valence-corrected chi connectivity index (χ2v) is 5.68. The third-order valence-corrected chi connectivity index (χ3v) is 4.30. The summed E-state index contributed by atoms with van der Waals surface area (Å²) < 4.78 is 2.82. The van der Waals surface area contributed by atoms with E-state index in [1.807, 2.05) is 22.9 Å². The van der Waals surface area contributed by atoms with E-state index in [0.29, 0.717) is 5.82 Å². The lowest BCUT2D eigenvalue weighted by atomic mass is 10.6. The van der Waals surface area contributed by atoms with E-state index < -0.39 is 0 Å². The van der Waals surface area contributed by atoms with Crippen molar-refractivity contribution >= 4 is 34.6 Å². The lowest BCUT2D eigenvalue weighted by Crippen LogP contribution is -2.10. The molecule has 92 valence electrons. The first kappa shape index (κ1) is 11.5. The highest BCUT2D eigenvalue weighted by Gasteiger charge is 2.10. The third-order valence-electron chi connectivity index (χ3n) is 2.27. The van der Waals surface area contributed by atoms with Crippen LogP contribution in [0.2, 0.25) is 0 Å². The highest BCUT2D eigenvalue weighted by Crippen LogP contribution is 2.31. The second kappa shape index (κ2) is 4.56. The predicted octanol–water partition coefficient (Wildman–Crippen LogP) is 1.93. The SMILES string of the molecule is Cc1csc(Sc2nc(NN)cn3ccnc23)n1. The first-order chi connectivity index (χ1) is 8.76. The standard InChI is InChI=1S/C10H10N6S2/c1-6-5-17-10(13-6)18-9-8-12-2-3-16(8)4-7(14-9)15-11/h2-5,15H,11H2,1H3. The van der Waals surface area contributed by atoms with Crippen LogP contribution in [0.3, 0.4) is 0 Å². The van der Waals surface area contributed by atoms with E-state index in [1.54, 1.807) is 23.7 Å². The van der Waals surface area contributed by atoms with E-state index in [2.05, 4.69) is 20.4 Å². The first-order valence-electron chi connectivity index (χ1n) is 5.16. The summed E-state index contributed by atoms with van der Waals surface area (Å²) in [6.45, 7) is 1.97. The Morgan fingerprint density at radius 3 is 3.06 bits per heavy atom. The molecule has 0 aromatic carbocycles. The Labute approximate surface area is 111 Å². The van der Waals surface area contributed by atoms with E-state index in [4.69, 9.17) is 5.84 Å². The molecule has 0 aliphatic carbocycles. The maximum atomic E-state index is 5.41. The number of fused-ring (bicyclic) bond motifs is 1. The summed E-state index contributed by atoms with van der Waals surface area (Å²) in [7, 11) is 0. The van der Waals surface area contributed by atoms with Crippen LogP contribution in [0.25, 0.3) is 5.65 Å². The van der Waals surface area contributed by atoms with E-state index in [9.17, 15) is 0 Å². The minimum absolute atomic E-state index is 0.594. The number of nitrogens with one attached hydrogen (secondary N) is 1. The van der Waals surface area contributed by atoms with Crippen LogP contribution in [0.4, 0.5) is 5.82 Å². The average Bonchev–Trinajstić information content (AvgIpc) is 2.98. The Bertz CT molecular complexity index is 689. The van der Waals surface area contributed by atoms with E-state index in [-0.39, 0.29) is 0 Å². The van der Waals surface area contributed by atoms with Crippen molar-refractivity contribution in [2.75, 3.05) is 5.43 Å². The van der Waals surface area contributed by atoms with E-state index in [0.717, 1.165) is 20.7 Å². The first-order valence-corrected chi connectivity index (χ1v) is 6.86. The Kier molecular flexibility index (Phi) is 2.90. The molecule has 0 fully saturated rings. The fourth-order valence-electron chi connectivity index (χ4n) is 1.50. The zero-order chi connectivity index (χ0) is 12.5. The fraction of sp³-hybridized carbons (Fsp3) is 0.100. The van der Waals surface area contributed by atoms with Crippen LogP contribution in [0.15, 0.2) is 33.3 Å². The van der Waals surface area contributed by atoms with Crippen molar-refractivity contribution in [3.8, 4) is 0 Å². The van der Waals surface area contributed by atoms with Crippen molar-refractivity contribution in [3.63, 3.8) is 0 Å². The number of thiazole rings is 1. The van der Waals surface area contributed by atoms with Crippen LogP contribution in [-0.4, -0.2) is 19.4 Å². The number of rotatable bonds is 3. The monoisotopic (exact) mass is 278 g/mol. The smallest absolute Gasteiger partial charge is 0.170 e. The molecule has 0 unspecified atom stereocenters. The molecule has 0 bridgehead atoms. The van der Waals surface area contributed by atoms with Gasteiger partial charge in [-0.3, -0.25) is 0 Å². The minimum Gasteiger partial charge on any atom is -0.307 e.